The number of fused-ring (bicyclic) bond motifs is 1. The lowest BCUT2D eigenvalue weighted by atomic mass is 9.97. The molecule has 0 radical (unpaired) electrons. The summed E-state index contributed by atoms with van der Waals surface area (Å²) in [5, 5.41) is 6.15. The van der Waals surface area contributed by atoms with E-state index in [0.717, 1.165) is 13.1 Å². The Morgan fingerprint density at radius 2 is 1.67 bits per heavy atom. The fourth-order valence-electron chi connectivity index (χ4n) is 4.14. The summed E-state index contributed by atoms with van der Waals surface area (Å²) in [6, 6.07) is 22.4. The maximum atomic E-state index is 12.7. The molecule has 0 aliphatic carbocycles. The second-order valence-electron chi connectivity index (χ2n) is 7.18. The lowest BCUT2D eigenvalue weighted by molar-refractivity contribution is -0.918. The second kappa shape index (κ2) is 8.12. The number of halogens is 1. The van der Waals surface area contributed by atoms with Crippen molar-refractivity contribution >= 4 is 28.3 Å². The zero-order chi connectivity index (χ0) is 18.6. The van der Waals surface area contributed by atoms with E-state index in [-0.39, 0.29) is 11.9 Å². The molecule has 4 heteroatoms. The third-order valence-electron chi connectivity index (χ3n) is 5.52. The van der Waals surface area contributed by atoms with Gasteiger partial charge in [0.15, 0.2) is 0 Å². The standard InChI is InChI=1S/C23H23ClN2O/c24-21-13-4-3-11-20(21)23(27)25-16-22(26-14-5-6-15-26)19-12-7-9-17-8-1-2-10-18(17)19/h1-4,7-13,22H,5-6,14-16H2,(H,25,27)/p+1/t22-/m1/s1. The van der Waals surface area contributed by atoms with Crippen LogP contribution in [0.5, 0.6) is 0 Å². The number of hydrogen-bond donors (Lipinski definition) is 2. The van der Waals surface area contributed by atoms with Crippen LogP contribution in [0.3, 0.4) is 0 Å². The molecule has 0 bridgehead atoms. The van der Waals surface area contributed by atoms with Gasteiger partial charge in [0.05, 0.1) is 30.2 Å². The molecule has 3 aromatic rings. The molecule has 0 spiro atoms. The van der Waals surface area contributed by atoms with Crippen LogP contribution in [0.2, 0.25) is 5.02 Å². The number of nitrogens with one attached hydrogen (secondary N) is 2. The summed E-state index contributed by atoms with van der Waals surface area (Å²) < 4.78 is 0. The summed E-state index contributed by atoms with van der Waals surface area (Å²) in [6.07, 6.45) is 2.49. The Hall–Kier alpha value is -2.36. The van der Waals surface area contributed by atoms with E-state index in [0.29, 0.717) is 17.1 Å². The van der Waals surface area contributed by atoms with Crippen molar-refractivity contribution < 1.29 is 9.69 Å². The minimum atomic E-state index is -0.107. The minimum Gasteiger partial charge on any atom is -0.346 e. The maximum absolute atomic E-state index is 12.7. The zero-order valence-electron chi connectivity index (χ0n) is 15.2. The van der Waals surface area contributed by atoms with Gasteiger partial charge in [-0.25, -0.2) is 0 Å². The van der Waals surface area contributed by atoms with Crippen molar-refractivity contribution in [1.29, 1.82) is 0 Å². The van der Waals surface area contributed by atoms with Gasteiger partial charge in [-0.1, -0.05) is 66.2 Å². The highest BCUT2D eigenvalue weighted by molar-refractivity contribution is 6.33. The van der Waals surface area contributed by atoms with Crippen LogP contribution in [0.4, 0.5) is 0 Å². The molecular formula is C23H24ClN2O+. The third kappa shape index (κ3) is 3.85. The SMILES string of the molecule is O=C(NC[C@H](c1cccc2ccccc12)[NH+]1CCCC1)c1ccccc1Cl. The Morgan fingerprint density at radius 1 is 0.963 bits per heavy atom. The van der Waals surface area contributed by atoms with Gasteiger partial charge in [-0.2, -0.15) is 0 Å². The monoisotopic (exact) mass is 379 g/mol. The topological polar surface area (TPSA) is 33.5 Å². The van der Waals surface area contributed by atoms with E-state index in [2.05, 4.69) is 47.8 Å². The smallest absolute Gasteiger partial charge is 0.253 e. The molecule has 1 aliphatic rings. The van der Waals surface area contributed by atoms with Gasteiger partial charge in [0, 0.05) is 18.4 Å². The zero-order valence-corrected chi connectivity index (χ0v) is 16.0. The Morgan fingerprint density at radius 3 is 2.48 bits per heavy atom. The fraction of sp³-hybridized carbons (Fsp3) is 0.261. The molecule has 1 atom stereocenters. The van der Waals surface area contributed by atoms with E-state index in [1.165, 1.54) is 29.2 Å². The highest BCUT2D eigenvalue weighted by Gasteiger charge is 2.29. The van der Waals surface area contributed by atoms with Crippen LogP contribution in [0.15, 0.2) is 66.7 Å². The van der Waals surface area contributed by atoms with E-state index < -0.39 is 0 Å². The van der Waals surface area contributed by atoms with Crippen molar-refractivity contribution in [2.24, 2.45) is 0 Å². The number of hydrogen-bond acceptors (Lipinski definition) is 1. The molecule has 0 unspecified atom stereocenters. The molecule has 2 N–H and O–H groups in total. The first-order valence-electron chi connectivity index (χ1n) is 9.59. The molecule has 1 heterocycles. The normalized spacial score (nSPS) is 15.7. The Kier molecular flexibility index (Phi) is 5.42. The van der Waals surface area contributed by atoms with Crippen molar-refractivity contribution in [1.82, 2.24) is 5.32 Å². The molecule has 3 nitrogen and oxygen atoms in total. The predicted molar refractivity (Wildman–Crippen MR) is 110 cm³/mol. The lowest BCUT2D eigenvalue weighted by Crippen LogP contribution is -3.11. The van der Waals surface area contributed by atoms with E-state index in [4.69, 9.17) is 11.6 Å². The van der Waals surface area contributed by atoms with Crippen LogP contribution in [-0.4, -0.2) is 25.5 Å². The van der Waals surface area contributed by atoms with Gasteiger partial charge in [0.1, 0.15) is 6.04 Å². The quantitative estimate of drug-likeness (QED) is 0.697. The molecule has 4 rings (SSSR count). The van der Waals surface area contributed by atoms with Gasteiger partial charge in [-0.3, -0.25) is 4.79 Å². The van der Waals surface area contributed by atoms with E-state index in [1.807, 2.05) is 12.1 Å². The molecule has 1 fully saturated rings. The highest BCUT2D eigenvalue weighted by Crippen LogP contribution is 2.23. The van der Waals surface area contributed by atoms with Gasteiger partial charge in [0.2, 0.25) is 0 Å². The molecule has 0 aromatic heterocycles. The van der Waals surface area contributed by atoms with Crippen molar-refractivity contribution in [2.45, 2.75) is 18.9 Å². The number of amides is 1. The van der Waals surface area contributed by atoms with Crippen LogP contribution >= 0.6 is 11.6 Å². The van der Waals surface area contributed by atoms with Gasteiger partial charge in [-0.15, -0.1) is 0 Å². The first-order valence-corrected chi connectivity index (χ1v) is 9.97. The number of rotatable bonds is 5. The average molecular weight is 380 g/mol. The van der Waals surface area contributed by atoms with Crippen LogP contribution in [-0.2, 0) is 0 Å². The van der Waals surface area contributed by atoms with Gasteiger partial charge < -0.3 is 10.2 Å². The first-order chi connectivity index (χ1) is 13.2. The van der Waals surface area contributed by atoms with Gasteiger partial charge in [0.25, 0.3) is 5.91 Å². The molecule has 27 heavy (non-hydrogen) atoms. The summed E-state index contributed by atoms with van der Waals surface area (Å²) in [7, 11) is 0. The summed E-state index contributed by atoms with van der Waals surface area (Å²) >= 11 is 6.19. The summed E-state index contributed by atoms with van der Waals surface area (Å²) in [4.78, 5) is 14.2. The number of likely N-dealkylation sites (tertiary alicyclic amines) is 1. The van der Waals surface area contributed by atoms with Crippen molar-refractivity contribution in [3.63, 3.8) is 0 Å². The van der Waals surface area contributed by atoms with Crippen molar-refractivity contribution in [3.8, 4) is 0 Å². The summed E-state index contributed by atoms with van der Waals surface area (Å²) in [5.41, 5.74) is 1.84. The second-order valence-corrected chi connectivity index (χ2v) is 7.58. The number of carbonyl (C=O) groups excluding carboxylic acids is 1. The summed E-state index contributed by atoms with van der Waals surface area (Å²) in [6.45, 7) is 2.90. The minimum absolute atomic E-state index is 0.107. The molecule has 1 amide bonds. The van der Waals surface area contributed by atoms with Crippen molar-refractivity contribution in [3.05, 3.63) is 82.9 Å². The molecular weight excluding hydrogens is 356 g/mol. The first kappa shape index (κ1) is 18.0. The number of benzene rings is 3. The molecule has 138 valence electrons. The van der Waals surface area contributed by atoms with Gasteiger partial charge >= 0.3 is 0 Å². The van der Waals surface area contributed by atoms with Crippen LogP contribution in [0, 0.1) is 0 Å². The third-order valence-corrected chi connectivity index (χ3v) is 5.85. The van der Waals surface area contributed by atoms with E-state index >= 15 is 0 Å². The highest BCUT2D eigenvalue weighted by atomic mass is 35.5. The van der Waals surface area contributed by atoms with Crippen LogP contribution in [0.25, 0.3) is 10.8 Å². The average Bonchev–Trinajstić information content (AvgIpc) is 3.23. The van der Waals surface area contributed by atoms with Crippen LogP contribution < -0.4 is 10.2 Å². The van der Waals surface area contributed by atoms with Crippen molar-refractivity contribution in [2.75, 3.05) is 19.6 Å². The largest absolute Gasteiger partial charge is 0.346 e. The Balaban J connectivity index is 1.62. The maximum Gasteiger partial charge on any atom is 0.253 e. The van der Waals surface area contributed by atoms with Crippen LogP contribution in [0.1, 0.15) is 34.8 Å². The molecule has 1 saturated heterocycles. The predicted octanol–water partition coefficient (Wildman–Crippen LogP) is 3.64. The Bertz CT molecular complexity index is 945. The molecule has 3 aromatic carbocycles. The Labute approximate surface area is 164 Å². The molecule has 0 saturated carbocycles. The molecule has 1 aliphatic heterocycles. The fourth-order valence-corrected chi connectivity index (χ4v) is 4.36. The van der Waals surface area contributed by atoms with E-state index in [9.17, 15) is 4.79 Å². The number of carbonyl (C=O) groups is 1. The number of quaternary nitrogens is 1. The summed E-state index contributed by atoms with van der Waals surface area (Å²) in [5.74, 6) is -0.107. The lowest BCUT2D eigenvalue weighted by Gasteiger charge is -2.26. The van der Waals surface area contributed by atoms with E-state index in [1.54, 1.807) is 17.0 Å². The van der Waals surface area contributed by atoms with Gasteiger partial charge in [-0.05, 0) is 22.9 Å².